The monoisotopic (exact) mass is 313 g/mol. The number of hydrogen-bond donors (Lipinski definition) is 0. The highest BCUT2D eigenvalue weighted by molar-refractivity contribution is 5.74. The van der Waals surface area contributed by atoms with Crippen LogP contribution in [0, 0.1) is 0 Å². The van der Waals surface area contributed by atoms with E-state index in [4.69, 9.17) is 0 Å². The maximum absolute atomic E-state index is 11.9. The maximum atomic E-state index is 11.9. The average molecular weight is 313 g/mol. The zero-order valence-electron chi connectivity index (χ0n) is 13.6. The Morgan fingerprint density at radius 1 is 1.35 bits per heavy atom. The quantitative estimate of drug-likeness (QED) is 0.843. The summed E-state index contributed by atoms with van der Waals surface area (Å²) in [4.78, 5) is 25.0. The molecule has 1 aliphatic carbocycles. The van der Waals surface area contributed by atoms with Gasteiger partial charge in [-0.2, -0.15) is 0 Å². The Labute approximate surface area is 136 Å². The van der Waals surface area contributed by atoms with Crippen LogP contribution in [0.15, 0.2) is 24.8 Å². The maximum Gasteiger partial charge on any atom is 0.219 e. The van der Waals surface area contributed by atoms with Crippen LogP contribution in [-0.2, 0) is 11.3 Å². The van der Waals surface area contributed by atoms with Crippen molar-refractivity contribution in [2.45, 2.75) is 51.2 Å². The predicted octanol–water partition coefficient (Wildman–Crippen LogP) is 1.70. The molecule has 23 heavy (non-hydrogen) atoms. The molecule has 1 saturated heterocycles. The largest absolute Gasteiger partial charge is 0.338 e. The first-order valence-electron chi connectivity index (χ1n) is 8.49. The van der Waals surface area contributed by atoms with Crippen LogP contribution in [0.4, 0.5) is 0 Å². The molecule has 4 rings (SSSR count). The average Bonchev–Trinajstić information content (AvgIpc) is 3.16. The van der Waals surface area contributed by atoms with E-state index in [0.717, 1.165) is 25.3 Å². The molecule has 0 bridgehead atoms. The van der Waals surface area contributed by atoms with Crippen molar-refractivity contribution in [2.75, 3.05) is 13.1 Å². The van der Waals surface area contributed by atoms with Gasteiger partial charge in [-0.25, -0.2) is 4.98 Å². The van der Waals surface area contributed by atoms with E-state index < -0.39 is 0 Å². The molecule has 0 aromatic carbocycles. The molecule has 1 amide bonds. The van der Waals surface area contributed by atoms with Crippen LogP contribution >= 0.6 is 0 Å². The number of amides is 1. The van der Waals surface area contributed by atoms with Crippen LogP contribution in [0.1, 0.15) is 38.3 Å². The minimum absolute atomic E-state index is 0.222. The summed E-state index contributed by atoms with van der Waals surface area (Å²) in [5.41, 5.74) is 2.08. The molecule has 2 aliphatic rings. The van der Waals surface area contributed by atoms with Crippen molar-refractivity contribution in [1.82, 2.24) is 24.2 Å². The van der Waals surface area contributed by atoms with E-state index in [0.29, 0.717) is 12.1 Å². The third kappa shape index (κ3) is 2.95. The minimum Gasteiger partial charge on any atom is -0.338 e. The Morgan fingerprint density at radius 2 is 2.22 bits per heavy atom. The standard InChI is InChI=1S/C17H23N5O/c1-13(23)22(14-4-5-14)12-15-3-2-7-20(15)11-16-9-19-17-10-18-6-8-21(16)17/h6,8-10,14-15H,2-5,7,11-12H2,1H3/t15-/m0/s1. The highest BCUT2D eigenvalue weighted by Gasteiger charge is 2.35. The van der Waals surface area contributed by atoms with Crippen molar-refractivity contribution in [3.05, 3.63) is 30.5 Å². The van der Waals surface area contributed by atoms with Gasteiger partial charge in [0, 0.05) is 44.5 Å². The topological polar surface area (TPSA) is 53.7 Å². The molecule has 0 unspecified atom stereocenters. The van der Waals surface area contributed by atoms with Crippen LogP contribution in [0.3, 0.4) is 0 Å². The summed E-state index contributed by atoms with van der Waals surface area (Å²) in [6.45, 7) is 4.55. The fourth-order valence-corrected chi connectivity index (χ4v) is 3.68. The number of fused-ring (bicyclic) bond motifs is 1. The second-order valence-corrected chi connectivity index (χ2v) is 6.72. The fourth-order valence-electron chi connectivity index (χ4n) is 3.68. The predicted molar refractivity (Wildman–Crippen MR) is 86.8 cm³/mol. The zero-order chi connectivity index (χ0) is 15.8. The molecule has 6 nitrogen and oxygen atoms in total. The number of nitrogens with zero attached hydrogens (tertiary/aromatic N) is 5. The molecule has 6 heteroatoms. The van der Waals surface area contributed by atoms with Gasteiger partial charge in [0.1, 0.15) is 0 Å². The molecular formula is C17H23N5O. The number of carbonyl (C=O) groups is 1. The van der Waals surface area contributed by atoms with Gasteiger partial charge in [0.25, 0.3) is 0 Å². The highest BCUT2D eigenvalue weighted by Crippen LogP contribution is 2.29. The Morgan fingerprint density at radius 3 is 3.00 bits per heavy atom. The van der Waals surface area contributed by atoms with E-state index >= 15 is 0 Å². The minimum atomic E-state index is 0.222. The Kier molecular flexibility index (Phi) is 3.77. The highest BCUT2D eigenvalue weighted by atomic mass is 16.2. The fraction of sp³-hybridized carbons (Fsp3) is 0.588. The second kappa shape index (κ2) is 5.92. The number of likely N-dealkylation sites (tertiary alicyclic amines) is 1. The third-order valence-corrected chi connectivity index (χ3v) is 5.06. The lowest BCUT2D eigenvalue weighted by atomic mass is 10.2. The summed E-state index contributed by atoms with van der Waals surface area (Å²) >= 11 is 0. The van der Waals surface area contributed by atoms with E-state index in [1.165, 1.54) is 31.4 Å². The molecule has 2 aromatic rings. The summed E-state index contributed by atoms with van der Waals surface area (Å²) in [5, 5.41) is 0. The molecule has 2 fully saturated rings. The van der Waals surface area contributed by atoms with Crippen LogP contribution in [0.5, 0.6) is 0 Å². The van der Waals surface area contributed by atoms with Gasteiger partial charge in [0.2, 0.25) is 5.91 Å². The molecule has 0 N–H and O–H groups in total. The van der Waals surface area contributed by atoms with Crippen molar-refractivity contribution >= 4 is 11.6 Å². The number of hydrogen-bond acceptors (Lipinski definition) is 4. The zero-order valence-corrected chi connectivity index (χ0v) is 13.6. The second-order valence-electron chi connectivity index (χ2n) is 6.72. The number of rotatable bonds is 5. The van der Waals surface area contributed by atoms with Gasteiger partial charge in [-0.1, -0.05) is 0 Å². The molecular weight excluding hydrogens is 290 g/mol. The summed E-state index contributed by atoms with van der Waals surface area (Å²) in [6, 6.07) is 0.962. The van der Waals surface area contributed by atoms with Crippen molar-refractivity contribution in [3.63, 3.8) is 0 Å². The summed E-state index contributed by atoms with van der Waals surface area (Å²) < 4.78 is 2.10. The van der Waals surface area contributed by atoms with Crippen LogP contribution in [-0.4, -0.2) is 55.2 Å². The lowest BCUT2D eigenvalue weighted by Gasteiger charge is -2.30. The van der Waals surface area contributed by atoms with Crippen molar-refractivity contribution < 1.29 is 4.79 Å². The lowest BCUT2D eigenvalue weighted by molar-refractivity contribution is -0.130. The van der Waals surface area contributed by atoms with E-state index in [2.05, 4.69) is 24.2 Å². The van der Waals surface area contributed by atoms with E-state index in [-0.39, 0.29) is 5.91 Å². The Bertz CT molecular complexity index is 708. The van der Waals surface area contributed by atoms with Gasteiger partial charge in [-0.15, -0.1) is 0 Å². The van der Waals surface area contributed by atoms with Gasteiger partial charge in [0.05, 0.1) is 18.1 Å². The lowest BCUT2D eigenvalue weighted by Crippen LogP contribution is -2.43. The molecule has 2 aromatic heterocycles. The molecule has 1 saturated carbocycles. The van der Waals surface area contributed by atoms with Crippen molar-refractivity contribution in [1.29, 1.82) is 0 Å². The molecule has 122 valence electrons. The first kappa shape index (κ1) is 14.6. The van der Waals surface area contributed by atoms with Crippen molar-refractivity contribution in [2.24, 2.45) is 0 Å². The van der Waals surface area contributed by atoms with Gasteiger partial charge in [0.15, 0.2) is 5.65 Å². The Hall–Kier alpha value is -1.95. The number of aromatic nitrogens is 3. The first-order chi connectivity index (χ1) is 11.2. The van der Waals surface area contributed by atoms with E-state index in [9.17, 15) is 4.79 Å². The number of imidazole rings is 1. The molecule has 3 heterocycles. The molecule has 1 atom stereocenters. The summed E-state index contributed by atoms with van der Waals surface area (Å²) in [5.74, 6) is 0.222. The van der Waals surface area contributed by atoms with Crippen LogP contribution in [0.2, 0.25) is 0 Å². The summed E-state index contributed by atoms with van der Waals surface area (Å²) in [7, 11) is 0. The SMILES string of the molecule is CC(=O)N(C[C@@H]1CCCN1Cc1cnc2cnccn12)C1CC1. The van der Waals surface area contributed by atoms with Gasteiger partial charge < -0.3 is 4.90 Å². The van der Waals surface area contributed by atoms with E-state index in [1.54, 1.807) is 19.3 Å². The van der Waals surface area contributed by atoms with Crippen molar-refractivity contribution in [3.8, 4) is 0 Å². The normalized spacial score (nSPS) is 21.9. The first-order valence-corrected chi connectivity index (χ1v) is 8.49. The van der Waals surface area contributed by atoms with Gasteiger partial charge >= 0.3 is 0 Å². The number of carbonyl (C=O) groups excluding carboxylic acids is 1. The third-order valence-electron chi connectivity index (χ3n) is 5.06. The molecule has 0 spiro atoms. The van der Waals surface area contributed by atoms with Crippen LogP contribution in [0.25, 0.3) is 5.65 Å². The Balaban J connectivity index is 1.48. The molecule has 0 radical (unpaired) electrons. The van der Waals surface area contributed by atoms with Gasteiger partial charge in [-0.3, -0.25) is 19.1 Å². The van der Waals surface area contributed by atoms with Gasteiger partial charge in [-0.05, 0) is 32.2 Å². The summed E-state index contributed by atoms with van der Waals surface area (Å²) in [6.07, 6.45) is 12.2. The smallest absolute Gasteiger partial charge is 0.219 e. The molecule has 1 aliphatic heterocycles. The van der Waals surface area contributed by atoms with Crippen LogP contribution < -0.4 is 0 Å². The van der Waals surface area contributed by atoms with E-state index in [1.807, 2.05) is 12.4 Å².